The molecule has 0 unspecified atom stereocenters. The van der Waals surface area contributed by atoms with E-state index in [-0.39, 0.29) is 5.91 Å². The van der Waals surface area contributed by atoms with Gasteiger partial charge in [-0.2, -0.15) is 0 Å². The van der Waals surface area contributed by atoms with E-state index in [1.807, 2.05) is 35.2 Å². The van der Waals surface area contributed by atoms with Gasteiger partial charge in [-0.05, 0) is 30.7 Å². The summed E-state index contributed by atoms with van der Waals surface area (Å²) in [5.74, 6) is 0.641. The molecule has 1 atom stereocenters. The number of amides is 1. The first-order valence-corrected chi connectivity index (χ1v) is 9.64. The van der Waals surface area contributed by atoms with Gasteiger partial charge in [0.05, 0.1) is 0 Å². The molecule has 1 saturated heterocycles. The van der Waals surface area contributed by atoms with E-state index in [1.165, 1.54) is 5.56 Å². The van der Waals surface area contributed by atoms with Gasteiger partial charge in [-0.25, -0.2) is 0 Å². The molecule has 27 heavy (non-hydrogen) atoms. The van der Waals surface area contributed by atoms with E-state index >= 15 is 0 Å². The fourth-order valence-corrected chi connectivity index (χ4v) is 3.29. The molecule has 0 aromatic heterocycles. The number of halogens is 1. The Hall–Kier alpha value is -2.30. The zero-order chi connectivity index (χ0) is 19.1. The highest BCUT2D eigenvalue weighted by Crippen LogP contribution is 2.19. The van der Waals surface area contributed by atoms with Crippen molar-refractivity contribution in [3.63, 3.8) is 0 Å². The summed E-state index contributed by atoms with van der Waals surface area (Å²) in [6.07, 6.45) is 3.80. The van der Waals surface area contributed by atoms with Gasteiger partial charge in [0.2, 0.25) is 0 Å². The van der Waals surface area contributed by atoms with Gasteiger partial charge in [0.15, 0.2) is 6.10 Å². The standard InChI is InChI=1S/C22H25ClN2O2/c1-18(27-21-11-5-10-20(23)17-21)22(26)25-15-13-24(14-16-25)12-6-9-19-7-3-2-4-8-19/h2-11,17-18H,12-16H2,1H3/b9-6+/t18-/m0/s1. The van der Waals surface area contributed by atoms with E-state index in [4.69, 9.17) is 16.3 Å². The number of piperazine rings is 1. The molecule has 0 aliphatic carbocycles. The van der Waals surface area contributed by atoms with Crippen molar-refractivity contribution in [3.05, 3.63) is 71.3 Å². The van der Waals surface area contributed by atoms with Crippen LogP contribution in [0.25, 0.3) is 6.08 Å². The average molecular weight is 385 g/mol. The predicted octanol–water partition coefficient (Wildman–Crippen LogP) is 3.96. The Morgan fingerprint density at radius 1 is 1.11 bits per heavy atom. The Bertz CT molecular complexity index is 771. The topological polar surface area (TPSA) is 32.8 Å². The minimum atomic E-state index is -0.520. The van der Waals surface area contributed by atoms with Crippen molar-refractivity contribution in [2.75, 3.05) is 32.7 Å². The molecule has 1 fully saturated rings. The lowest BCUT2D eigenvalue weighted by atomic mass is 10.2. The van der Waals surface area contributed by atoms with Crippen LogP contribution in [0.5, 0.6) is 5.75 Å². The van der Waals surface area contributed by atoms with Crippen LogP contribution in [0.1, 0.15) is 12.5 Å². The lowest BCUT2D eigenvalue weighted by Gasteiger charge is -2.35. The van der Waals surface area contributed by atoms with Crippen LogP contribution in [0.2, 0.25) is 5.02 Å². The van der Waals surface area contributed by atoms with Crippen LogP contribution < -0.4 is 4.74 Å². The van der Waals surface area contributed by atoms with Crippen LogP contribution in [-0.4, -0.2) is 54.5 Å². The Morgan fingerprint density at radius 3 is 2.56 bits per heavy atom. The Labute approximate surface area is 166 Å². The van der Waals surface area contributed by atoms with Crippen molar-refractivity contribution >= 4 is 23.6 Å². The minimum Gasteiger partial charge on any atom is -0.481 e. The van der Waals surface area contributed by atoms with Crippen molar-refractivity contribution < 1.29 is 9.53 Å². The third kappa shape index (κ3) is 5.84. The molecule has 0 spiro atoms. The van der Waals surface area contributed by atoms with Crippen molar-refractivity contribution in [1.82, 2.24) is 9.80 Å². The molecule has 2 aromatic carbocycles. The predicted molar refractivity (Wildman–Crippen MR) is 110 cm³/mol. The fourth-order valence-electron chi connectivity index (χ4n) is 3.10. The first-order chi connectivity index (χ1) is 13.1. The van der Waals surface area contributed by atoms with Crippen molar-refractivity contribution in [1.29, 1.82) is 0 Å². The van der Waals surface area contributed by atoms with Crippen molar-refractivity contribution in [3.8, 4) is 5.75 Å². The molecular weight excluding hydrogens is 360 g/mol. The number of benzene rings is 2. The number of hydrogen-bond acceptors (Lipinski definition) is 3. The molecule has 3 rings (SSSR count). The molecule has 0 N–H and O–H groups in total. The summed E-state index contributed by atoms with van der Waals surface area (Å²) in [6, 6.07) is 17.4. The van der Waals surface area contributed by atoms with E-state index in [1.54, 1.807) is 19.1 Å². The summed E-state index contributed by atoms with van der Waals surface area (Å²) in [5.41, 5.74) is 1.21. The minimum absolute atomic E-state index is 0.0226. The lowest BCUT2D eigenvalue weighted by molar-refractivity contribution is -0.139. The van der Waals surface area contributed by atoms with Crippen LogP contribution in [0.3, 0.4) is 0 Å². The Balaban J connectivity index is 1.44. The summed E-state index contributed by atoms with van der Waals surface area (Å²) >= 11 is 5.97. The monoisotopic (exact) mass is 384 g/mol. The molecule has 1 heterocycles. The fraction of sp³-hybridized carbons (Fsp3) is 0.318. The summed E-state index contributed by atoms with van der Waals surface area (Å²) in [5, 5.41) is 0.601. The third-order valence-corrected chi connectivity index (χ3v) is 4.85. The molecule has 0 saturated carbocycles. The number of nitrogens with zero attached hydrogens (tertiary/aromatic N) is 2. The zero-order valence-electron chi connectivity index (χ0n) is 15.6. The number of carbonyl (C=O) groups is 1. The van der Waals surface area contributed by atoms with Crippen molar-refractivity contribution in [2.24, 2.45) is 0 Å². The van der Waals surface area contributed by atoms with Crippen molar-refractivity contribution in [2.45, 2.75) is 13.0 Å². The lowest BCUT2D eigenvalue weighted by Crippen LogP contribution is -2.51. The van der Waals surface area contributed by atoms with Crippen LogP contribution in [0.15, 0.2) is 60.7 Å². The van der Waals surface area contributed by atoms with E-state index in [2.05, 4.69) is 29.2 Å². The first-order valence-electron chi connectivity index (χ1n) is 9.27. The van der Waals surface area contributed by atoms with Crippen LogP contribution in [-0.2, 0) is 4.79 Å². The molecule has 5 heteroatoms. The Morgan fingerprint density at radius 2 is 1.85 bits per heavy atom. The molecule has 142 valence electrons. The summed E-state index contributed by atoms with van der Waals surface area (Å²) < 4.78 is 5.75. The maximum absolute atomic E-state index is 12.6. The molecule has 0 bridgehead atoms. The SMILES string of the molecule is C[C@H](Oc1cccc(Cl)c1)C(=O)N1CCN(C/C=C/c2ccccc2)CC1. The third-order valence-electron chi connectivity index (χ3n) is 4.61. The molecule has 2 aromatic rings. The van der Waals surface area contributed by atoms with Gasteiger partial charge in [0.25, 0.3) is 5.91 Å². The van der Waals surface area contributed by atoms with Crippen LogP contribution >= 0.6 is 11.6 Å². The summed E-state index contributed by atoms with van der Waals surface area (Å²) in [6.45, 7) is 5.87. The number of rotatable bonds is 6. The highest BCUT2D eigenvalue weighted by molar-refractivity contribution is 6.30. The second-order valence-electron chi connectivity index (χ2n) is 6.66. The smallest absolute Gasteiger partial charge is 0.263 e. The zero-order valence-corrected chi connectivity index (χ0v) is 16.3. The molecule has 1 aliphatic rings. The molecule has 4 nitrogen and oxygen atoms in total. The van der Waals surface area contributed by atoms with Gasteiger partial charge in [0, 0.05) is 37.7 Å². The van der Waals surface area contributed by atoms with Gasteiger partial charge in [-0.3, -0.25) is 9.69 Å². The molecule has 1 aliphatic heterocycles. The molecule has 1 amide bonds. The maximum atomic E-state index is 12.6. The van der Waals surface area contributed by atoms with Gasteiger partial charge >= 0.3 is 0 Å². The van der Waals surface area contributed by atoms with Crippen LogP contribution in [0.4, 0.5) is 0 Å². The van der Waals surface area contributed by atoms with Gasteiger partial charge in [-0.15, -0.1) is 0 Å². The second-order valence-corrected chi connectivity index (χ2v) is 7.09. The largest absolute Gasteiger partial charge is 0.481 e. The molecule has 0 radical (unpaired) electrons. The summed E-state index contributed by atoms with van der Waals surface area (Å²) in [7, 11) is 0. The number of carbonyl (C=O) groups excluding carboxylic acids is 1. The highest BCUT2D eigenvalue weighted by Gasteiger charge is 2.25. The maximum Gasteiger partial charge on any atom is 0.263 e. The normalized spacial score (nSPS) is 16.4. The van der Waals surface area contributed by atoms with E-state index in [9.17, 15) is 4.79 Å². The Kier molecular flexibility index (Phi) is 6.91. The van der Waals surface area contributed by atoms with Gasteiger partial charge in [-0.1, -0.05) is 60.2 Å². The van der Waals surface area contributed by atoms with Gasteiger partial charge < -0.3 is 9.64 Å². The van der Waals surface area contributed by atoms with E-state index in [0.717, 1.165) is 32.7 Å². The number of ether oxygens (including phenoxy) is 1. The van der Waals surface area contributed by atoms with Crippen LogP contribution in [0, 0.1) is 0 Å². The average Bonchev–Trinajstić information content (AvgIpc) is 2.69. The van der Waals surface area contributed by atoms with E-state index in [0.29, 0.717) is 10.8 Å². The van der Waals surface area contributed by atoms with E-state index < -0.39 is 6.10 Å². The highest BCUT2D eigenvalue weighted by atomic mass is 35.5. The summed E-state index contributed by atoms with van der Waals surface area (Å²) in [4.78, 5) is 16.9. The number of hydrogen-bond donors (Lipinski definition) is 0. The van der Waals surface area contributed by atoms with Gasteiger partial charge in [0.1, 0.15) is 5.75 Å². The second kappa shape index (κ2) is 9.58. The molecular formula is C22H25ClN2O2. The quantitative estimate of drug-likeness (QED) is 0.755. The first kappa shape index (κ1) is 19.5.